The molecule has 1 aliphatic carbocycles. The highest BCUT2D eigenvalue weighted by atomic mass is 16.6. The molecule has 2 aliphatic heterocycles. The number of ether oxygens (including phenoxy) is 1. The van der Waals surface area contributed by atoms with E-state index >= 15 is 0 Å². The molecule has 0 spiro atoms. The molecule has 5 amide bonds. The van der Waals surface area contributed by atoms with Gasteiger partial charge < -0.3 is 35.6 Å². The lowest BCUT2D eigenvalue weighted by Gasteiger charge is -2.36. The van der Waals surface area contributed by atoms with Crippen LogP contribution in [0.5, 0.6) is 0 Å². The van der Waals surface area contributed by atoms with E-state index in [0.717, 1.165) is 24.8 Å². The summed E-state index contributed by atoms with van der Waals surface area (Å²) in [5, 5.41) is 16.9. The van der Waals surface area contributed by atoms with Gasteiger partial charge in [0.2, 0.25) is 17.6 Å². The average molecular weight is 672 g/mol. The third-order valence-electron chi connectivity index (χ3n) is 8.36. The third-order valence-corrected chi connectivity index (χ3v) is 8.36. The normalized spacial score (nSPS) is 18.7. The molecule has 0 bridgehead atoms. The summed E-state index contributed by atoms with van der Waals surface area (Å²) in [5.41, 5.74) is 1.05. The number of nitrogens with zero attached hydrogens (tertiary/aromatic N) is 2. The summed E-state index contributed by atoms with van der Waals surface area (Å²) in [6, 6.07) is 5.40. The Balaban J connectivity index is 0.000000396. The number of amides is 5. The Morgan fingerprint density at radius 3 is 2.15 bits per heavy atom. The molecular weight excluding hydrogens is 618 g/mol. The number of rotatable bonds is 9. The number of hydrogen-bond donors (Lipinski definition) is 4. The van der Waals surface area contributed by atoms with Gasteiger partial charge in [-0.15, -0.1) is 0 Å². The maximum absolute atomic E-state index is 13.5. The van der Waals surface area contributed by atoms with Crippen LogP contribution in [0.1, 0.15) is 98.1 Å². The summed E-state index contributed by atoms with van der Waals surface area (Å²) in [4.78, 5) is 77.7. The zero-order valence-electron chi connectivity index (χ0n) is 29.4. The Hall–Kier alpha value is -4.16. The van der Waals surface area contributed by atoms with Gasteiger partial charge in [-0.2, -0.15) is 0 Å². The van der Waals surface area contributed by atoms with Crippen LogP contribution < -0.4 is 16.0 Å². The number of carbonyl (C=O) groups is 6. The molecule has 266 valence electrons. The zero-order valence-corrected chi connectivity index (χ0v) is 29.4. The summed E-state index contributed by atoms with van der Waals surface area (Å²) < 4.78 is 5.34. The van der Waals surface area contributed by atoms with Gasteiger partial charge in [0.05, 0.1) is 6.04 Å². The smallest absolute Gasteiger partial charge is 0.408 e. The molecule has 1 aromatic rings. The highest BCUT2D eigenvalue weighted by molar-refractivity contribution is 6.38. The van der Waals surface area contributed by atoms with E-state index < -0.39 is 58.9 Å². The molecule has 1 aromatic carbocycles. The van der Waals surface area contributed by atoms with Crippen LogP contribution >= 0.6 is 0 Å². The molecule has 2 fully saturated rings. The molecule has 3 atom stereocenters. The fourth-order valence-corrected chi connectivity index (χ4v) is 5.67. The fraction of sp³-hybridized carbons (Fsp3) is 0.657. The van der Waals surface area contributed by atoms with Crippen LogP contribution in [0.15, 0.2) is 24.3 Å². The number of carboxylic acid groups (broad SMARTS) is 1. The number of likely N-dealkylation sites (tertiary alicyclic amines) is 1. The lowest BCUT2D eigenvalue weighted by Crippen LogP contribution is -2.59. The van der Waals surface area contributed by atoms with Gasteiger partial charge in [0.25, 0.3) is 5.91 Å². The Bertz CT molecular complexity index is 1350. The largest absolute Gasteiger partial charge is 0.465 e. The molecule has 4 rings (SSSR count). The van der Waals surface area contributed by atoms with Crippen molar-refractivity contribution in [2.24, 2.45) is 5.41 Å². The van der Waals surface area contributed by atoms with Crippen molar-refractivity contribution in [3.8, 4) is 0 Å². The lowest BCUT2D eigenvalue weighted by atomic mass is 9.85. The van der Waals surface area contributed by atoms with Crippen LogP contribution in [0.3, 0.4) is 0 Å². The number of Topliss-reactive ketones (excluding diaryl/α,β-unsaturated/α-hetero) is 1. The number of ketones is 1. The molecule has 3 aliphatic rings. The highest BCUT2D eigenvalue weighted by Crippen LogP contribution is 2.27. The first-order valence-corrected chi connectivity index (χ1v) is 16.9. The maximum Gasteiger partial charge on any atom is 0.408 e. The fourth-order valence-electron chi connectivity index (χ4n) is 5.67. The van der Waals surface area contributed by atoms with Crippen molar-refractivity contribution in [1.29, 1.82) is 0 Å². The van der Waals surface area contributed by atoms with E-state index in [9.17, 15) is 28.8 Å². The minimum atomic E-state index is -0.942. The lowest BCUT2D eigenvalue weighted by molar-refractivity contribution is -0.144. The maximum atomic E-state index is 13.5. The Morgan fingerprint density at radius 1 is 0.938 bits per heavy atom. The number of fused-ring (bicyclic) bond motifs is 1. The molecule has 48 heavy (non-hydrogen) atoms. The molecule has 13 nitrogen and oxygen atoms in total. The van der Waals surface area contributed by atoms with Crippen molar-refractivity contribution in [1.82, 2.24) is 25.8 Å². The van der Waals surface area contributed by atoms with E-state index in [0.29, 0.717) is 45.3 Å². The van der Waals surface area contributed by atoms with Gasteiger partial charge in [-0.1, -0.05) is 58.4 Å². The van der Waals surface area contributed by atoms with E-state index in [1.807, 2.05) is 45.9 Å². The second-order valence-corrected chi connectivity index (χ2v) is 14.8. The Morgan fingerprint density at radius 2 is 1.58 bits per heavy atom. The minimum Gasteiger partial charge on any atom is -0.465 e. The number of benzene rings is 1. The van der Waals surface area contributed by atoms with Crippen LogP contribution in [0.4, 0.5) is 9.59 Å². The first kappa shape index (κ1) is 38.3. The first-order valence-electron chi connectivity index (χ1n) is 16.9. The Labute approximate surface area is 283 Å². The average Bonchev–Trinajstić information content (AvgIpc) is 3.67. The van der Waals surface area contributed by atoms with Gasteiger partial charge in [0.15, 0.2) is 0 Å². The molecule has 4 N–H and O–H groups in total. The van der Waals surface area contributed by atoms with Crippen molar-refractivity contribution in [3.05, 3.63) is 35.4 Å². The second kappa shape index (κ2) is 16.3. The first-order chi connectivity index (χ1) is 22.4. The van der Waals surface area contributed by atoms with Crippen LogP contribution in [0.2, 0.25) is 0 Å². The summed E-state index contributed by atoms with van der Waals surface area (Å²) in [6.07, 6.45) is 2.99. The van der Waals surface area contributed by atoms with Crippen molar-refractivity contribution in [2.75, 3.05) is 13.1 Å². The number of carbonyl (C=O) groups excluding carboxylic acids is 5. The molecule has 1 saturated carbocycles. The second-order valence-electron chi connectivity index (χ2n) is 14.8. The number of alkyl carbamates (subject to hydrolysis) is 1. The minimum absolute atomic E-state index is 0.0409. The quantitative estimate of drug-likeness (QED) is 0.287. The van der Waals surface area contributed by atoms with Crippen molar-refractivity contribution in [2.45, 2.75) is 130 Å². The van der Waals surface area contributed by atoms with Crippen LogP contribution in [-0.4, -0.2) is 93.5 Å². The monoisotopic (exact) mass is 671 g/mol. The van der Waals surface area contributed by atoms with E-state index in [-0.39, 0.29) is 11.9 Å². The zero-order chi connectivity index (χ0) is 35.8. The van der Waals surface area contributed by atoms with Crippen LogP contribution in [-0.2, 0) is 36.9 Å². The standard InChI is InChI=1S/C25H42N4O6.C10H11NO2/c1-8-10-16(18(30)21(32)26-15-12-13-15)27-20(31)17-11-9-14-29(17)22(33)19(24(2,3)4)28-23(34)35-25(5,6)7;12-10(13)11-6-5-8-3-1-2-4-9(8)7-11/h15-17,19H,8-14H2,1-7H3,(H,26,32)(H,27,31)(H,28,34);1-4H,5-7H2,(H,12,13)/t16?,17?,19-;/m1./s1. The van der Waals surface area contributed by atoms with Crippen LogP contribution in [0.25, 0.3) is 0 Å². The van der Waals surface area contributed by atoms with Gasteiger partial charge in [-0.25, -0.2) is 9.59 Å². The third kappa shape index (κ3) is 11.2. The molecule has 2 unspecified atom stereocenters. The van der Waals surface area contributed by atoms with Gasteiger partial charge in [0.1, 0.15) is 17.7 Å². The number of hydrogen-bond acceptors (Lipinski definition) is 7. The molecule has 0 aromatic heterocycles. The van der Waals surface area contributed by atoms with Gasteiger partial charge >= 0.3 is 12.2 Å². The van der Waals surface area contributed by atoms with E-state index in [2.05, 4.69) is 22.0 Å². The van der Waals surface area contributed by atoms with Crippen molar-refractivity contribution in [3.63, 3.8) is 0 Å². The molecular formula is C35H53N5O8. The molecule has 13 heteroatoms. The molecule has 0 radical (unpaired) electrons. The van der Waals surface area contributed by atoms with Crippen LogP contribution in [0, 0.1) is 5.41 Å². The predicted octanol–water partition coefficient (Wildman–Crippen LogP) is 3.77. The van der Waals surface area contributed by atoms with Crippen molar-refractivity contribution >= 4 is 35.7 Å². The highest BCUT2D eigenvalue weighted by Gasteiger charge is 2.43. The SMILES string of the molecule is CCCC(NC(=O)C1CCCN1C(=O)[C@@H](NC(=O)OC(C)(C)C)C(C)(C)C)C(=O)C(=O)NC1CC1.O=C(O)N1CCc2ccccc2C1. The molecule has 1 saturated heterocycles. The Kier molecular flexibility index (Phi) is 13.0. The summed E-state index contributed by atoms with van der Waals surface area (Å²) in [7, 11) is 0. The van der Waals surface area contributed by atoms with E-state index in [1.54, 1.807) is 20.8 Å². The van der Waals surface area contributed by atoms with E-state index in [4.69, 9.17) is 9.84 Å². The predicted molar refractivity (Wildman–Crippen MR) is 179 cm³/mol. The van der Waals surface area contributed by atoms with Crippen molar-refractivity contribution < 1.29 is 38.6 Å². The van der Waals surface area contributed by atoms with Gasteiger partial charge in [0, 0.05) is 25.7 Å². The van der Waals surface area contributed by atoms with Gasteiger partial charge in [-0.3, -0.25) is 19.2 Å². The molecule has 2 heterocycles. The summed E-state index contributed by atoms with van der Waals surface area (Å²) >= 11 is 0. The number of nitrogens with one attached hydrogen (secondary N) is 3. The topological polar surface area (TPSA) is 174 Å². The van der Waals surface area contributed by atoms with E-state index in [1.165, 1.54) is 15.4 Å². The summed E-state index contributed by atoms with van der Waals surface area (Å²) in [5.74, 6) is -2.19. The van der Waals surface area contributed by atoms with Gasteiger partial charge in [-0.05, 0) is 75.8 Å². The summed E-state index contributed by atoms with van der Waals surface area (Å²) in [6.45, 7) is 14.1.